The van der Waals surface area contributed by atoms with E-state index in [0.717, 1.165) is 13.1 Å². The molecule has 0 radical (unpaired) electrons. The lowest BCUT2D eigenvalue weighted by Gasteiger charge is -2.18. The largest absolute Gasteiger partial charge is 0.301 e. The molecule has 0 fully saturated rings. The van der Waals surface area contributed by atoms with E-state index in [2.05, 4.69) is 81.7 Å². The Hall–Kier alpha value is 0.390. The highest BCUT2D eigenvalue weighted by molar-refractivity contribution is 14.1. The normalized spacial score (nSPS) is 13.2. The third kappa shape index (κ3) is 4.75. The van der Waals surface area contributed by atoms with Gasteiger partial charge >= 0.3 is 0 Å². The summed E-state index contributed by atoms with van der Waals surface area (Å²) in [6, 6.07) is 8.69. The van der Waals surface area contributed by atoms with Gasteiger partial charge in [0.15, 0.2) is 0 Å². The second-order valence-electron chi connectivity index (χ2n) is 3.60. The van der Waals surface area contributed by atoms with Gasteiger partial charge in [-0.2, -0.15) is 0 Å². The van der Waals surface area contributed by atoms with Crippen LogP contribution in [0.5, 0.6) is 0 Å². The Morgan fingerprint density at radius 3 is 2.43 bits per heavy atom. The highest BCUT2D eigenvalue weighted by Gasteiger charge is 2.03. The second kappa shape index (κ2) is 6.08. The Balaban J connectivity index is 2.47. The van der Waals surface area contributed by atoms with Crippen LogP contribution in [0.15, 0.2) is 24.3 Å². The molecule has 1 nitrogen and oxygen atoms in total. The highest BCUT2D eigenvalue weighted by atomic mass is 127. The zero-order chi connectivity index (χ0) is 10.6. The van der Waals surface area contributed by atoms with E-state index >= 15 is 0 Å². The average molecular weight is 368 g/mol. The van der Waals surface area contributed by atoms with Crippen molar-refractivity contribution in [3.05, 3.63) is 33.4 Å². The summed E-state index contributed by atoms with van der Waals surface area (Å²) in [4.78, 5) is 2.87. The maximum absolute atomic E-state index is 3.56. The van der Waals surface area contributed by atoms with Gasteiger partial charge in [0, 0.05) is 21.5 Å². The predicted octanol–water partition coefficient (Wildman–Crippen LogP) is 3.51. The minimum atomic E-state index is 0.552. The molecule has 1 aromatic rings. The zero-order valence-electron chi connectivity index (χ0n) is 8.50. The molecule has 0 N–H and O–H groups in total. The number of hydrogen-bond acceptors (Lipinski definition) is 1. The molecule has 0 heterocycles. The fraction of sp³-hybridized carbons (Fsp3) is 0.455. The molecule has 14 heavy (non-hydrogen) atoms. The average Bonchev–Trinajstić information content (AvgIpc) is 2.07. The Labute approximate surface area is 108 Å². The van der Waals surface area contributed by atoms with Gasteiger partial charge in [0.25, 0.3) is 0 Å². The van der Waals surface area contributed by atoms with Crippen molar-refractivity contribution in [2.75, 3.05) is 13.6 Å². The fourth-order valence-electron chi connectivity index (χ4n) is 1.40. The predicted molar refractivity (Wildman–Crippen MR) is 73.9 cm³/mol. The lowest BCUT2D eigenvalue weighted by molar-refractivity contribution is 0.333. The number of alkyl halides is 1. The molecular formula is C11H15BrIN. The molecule has 0 spiro atoms. The van der Waals surface area contributed by atoms with Gasteiger partial charge in [-0.25, -0.2) is 0 Å². The molecule has 0 aliphatic rings. The molecule has 3 heteroatoms. The molecule has 0 aromatic heterocycles. The number of rotatable bonds is 4. The monoisotopic (exact) mass is 367 g/mol. The van der Waals surface area contributed by atoms with Crippen LogP contribution >= 0.6 is 38.5 Å². The summed E-state index contributed by atoms with van der Waals surface area (Å²) in [6.45, 7) is 4.27. The van der Waals surface area contributed by atoms with E-state index in [-0.39, 0.29) is 0 Å². The summed E-state index contributed by atoms with van der Waals surface area (Å²) in [7, 11) is 2.15. The third-order valence-corrected chi connectivity index (χ3v) is 2.94. The molecular weight excluding hydrogens is 353 g/mol. The number of benzene rings is 1. The van der Waals surface area contributed by atoms with Crippen molar-refractivity contribution in [3.63, 3.8) is 0 Å². The molecule has 0 bridgehead atoms. The summed E-state index contributed by atoms with van der Waals surface area (Å²) < 4.78 is 1.29. The molecule has 0 aliphatic heterocycles. The van der Waals surface area contributed by atoms with Crippen molar-refractivity contribution < 1.29 is 0 Å². The van der Waals surface area contributed by atoms with Gasteiger partial charge in [0.2, 0.25) is 0 Å². The Morgan fingerprint density at radius 1 is 1.36 bits per heavy atom. The van der Waals surface area contributed by atoms with Crippen LogP contribution in [0.25, 0.3) is 0 Å². The lowest BCUT2D eigenvalue weighted by atomic mass is 10.2. The summed E-state index contributed by atoms with van der Waals surface area (Å²) in [6.07, 6.45) is 0. The van der Waals surface area contributed by atoms with Crippen molar-refractivity contribution in [2.45, 2.75) is 18.3 Å². The van der Waals surface area contributed by atoms with Crippen LogP contribution in [-0.4, -0.2) is 23.3 Å². The summed E-state index contributed by atoms with van der Waals surface area (Å²) in [5.41, 5.74) is 1.38. The van der Waals surface area contributed by atoms with Gasteiger partial charge in [-0.3, -0.25) is 0 Å². The van der Waals surface area contributed by atoms with Crippen molar-refractivity contribution in [3.8, 4) is 0 Å². The van der Waals surface area contributed by atoms with E-state index in [1.165, 1.54) is 9.13 Å². The van der Waals surface area contributed by atoms with Crippen LogP contribution < -0.4 is 0 Å². The van der Waals surface area contributed by atoms with Crippen molar-refractivity contribution in [2.24, 2.45) is 0 Å². The van der Waals surface area contributed by atoms with Crippen LogP contribution in [0.4, 0.5) is 0 Å². The smallest absolute Gasteiger partial charge is 0.0244 e. The van der Waals surface area contributed by atoms with E-state index in [4.69, 9.17) is 0 Å². The molecule has 1 unspecified atom stereocenters. The Kier molecular flexibility index (Phi) is 5.41. The van der Waals surface area contributed by atoms with Gasteiger partial charge in [0.1, 0.15) is 0 Å². The SMILES string of the molecule is CC(Br)CN(C)Cc1ccc(I)cc1. The van der Waals surface area contributed by atoms with Crippen molar-refractivity contribution in [1.29, 1.82) is 0 Å². The van der Waals surface area contributed by atoms with Crippen LogP contribution in [0, 0.1) is 3.57 Å². The van der Waals surface area contributed by atoms with Gasteiger partial charge in [-0.1, -0.05) is 35.0 Å². The Bertz CT molecular complexity index is 271. The van der Waals surface area contributed by atoms with E-state index < -0.39 is 0 Å². The quantitative estimate of drug-likeness (QED) is 0.581. The topological polar surface area (TPSA) is 3.24 Å². The third-order valence-electron chi connectivity index (χ3n) is 1.93. The van der Waals surface area contributed by atoms with E-state index in [0.29, 0.717) is 4.83 Å². The van der Waals surface area contributed by atoms with Gasteiger partial charge in [-0.05, 0) is 47.3 Å². The first-order chi connectivity index (χ1) is 6.58. The first-order valence-corrected chi connectivity index (χ1v) is 6.64. The first kappa shape index (κ1) is 12.5. The summed E-state index contributed by atoms with van der Waals surface area (Å²) in [5.74, 6) is 0. The van der Waals surface area contributed by atoms with Gasteiger partial charge in [-0.15, -0.1) is 0 Å². The molecule has 0 aliphatic carbocycles. The van der Waals surface area contributed by atoms with E-state index in [1.54, 1.807) is 0 Å². The minimum Gasteiger partial charge on any atom is -0.301 e. The van der Waals surface area contributed by atoms with Gasteiger partial charge < -0.3 is 4.90 Å². The maximum atomic E-state index is 3.56. The van der Waals surface area contributed by atoms with Crippen LogP contribution in [0.1, 0.15) is 12.5 Å². The van der Waals surface area contributed by atoms with E-state index in [1.807, 2.05) is 0 Å². The maximum Gasteiger partial charge on any atom is 0.0244 e. The lowest BCUT2D eigenvalue weighted by Crippen LogP contribution is -2.23. The fourth-order valence-corrected chi connectivity index (χ4v) is 2.25. The standard InChI is InChI=1S/C11H15BrIN/c1-9(12)7-14(2)8-10-3-5-11(13)6-4-10/h3-6,9H,7-8H2,1-2H3. The molecule has 0 saturated carbocycles. The molecule has 0 saturated heterocycles. The molecule has 1 atom stereocenters. The van der Waals surface area contributed by atoms with Crippen LogP contribution in [0.2, 0.25) is 0 Å². The summed E-state index contributed by atoms with van der Waals surface area (Å²) in [5, 5.41) is 0. The minimum absolute atomic E-state index is 0.552. The highest BCUT2D eigenvalue weighted by Crippen LogP contribution is 2.09. The first-order valence-electron chi connectivity index (χ1n) is 4.65. The number of halogens is 2. The van der Waals surface area contributed by atoms with Crippen molar-refractivity contribution in [1.82, 2.24) is 4.90 Å². The zero-order valence-corrected chi connectivity index (χ0v) is 12.2. The molecule has 1 rings (SSSR count). The number of nitrogens with zero attached hydrogens (tertiary/aromatic N) is 1. The van der Waals surface area contributed by atoms with Crippen LogP contribution in [0.3, 0.4) is 0 Å². The molecule has 78 valence electrons. The Morgan fingerprint density at radius 2 is 1.93 bits per heavy atom. The molecule has 1 aromatic carbocycles. The van der Waals surface area contributed by atoms with Crippen molar-refractivity contribution >= 4 is 38.5 Å². The number of hydrogen-bond donors (Lipinski definition) is 0. The molecule has 0 amide bonds. The van der Waals surface area contributed by atoms with E-state index in [9.17, 15) is 0 Å². The van der Waals surface area contributed by atoms with Gasteiger partial charge in [0.05, 0.1) is 0 Å². The van der Waals surface area contributed by atoms with Crippen LogP contribution in [-0.2, 0) is 6.54 Å². The second-order valence-corrected chi connectivity index (χ2v) is 6.41. The summed E-state index contributed by atoms with van der Waals surface area (Å²) >= 11 is 5.89.